The van der Waals surface area contributed by atoms with E-state index < -0.39 is 35.1 Å². The molecule has 9 heteroatoms. The van der Waals surface area contributed by atoms with Crippen LogP contribution in [-0.2, 0) is 9.63 Å². The first kappa shape index (κ1) is 18.7. The lowest BCUT2D eigenvalue weighted by Crippen LogP contribution is -2.35. The van der Waals surface area contributed by atoms with Crippen molar-refractivity contribution >= 4 is 29.8 Å². The zero-order valence-corrected chi connectivity index (χ0v) is 13.5. The van der Waals surface area contributed by atoms with Crippen LogP contribution in [-0.4, -0.2) is 24.1 Å². The monoisotopic (exact) mass is 361 g/mol. The van der Waals surface area contributed by atoms with Crippen LogP contribution in [0.1, 0.15) is 22.8 Å². The van der Waals surface area contributed by atoms with E-state index in [0.29, 0.717) is 11.3 Å². The molecule has 0 unspecified atom stereocenters. The topological polar surface area (TPSA) is 96.9 Å². The third-order valence-corrected chi connectivity index (χ3v) is 2.97. The van der Waals surface area contributed by atoms with Crippen LogP contribution in [0.3, 0.4) is 0 Å². The molecule has 0 saturated heterocycles. The van der Waals surface area contributed by atoms with E-state index in [4.69, 9.17) is 0 Å². The molecule has 0 aliphatic carbocycles. The maximum absolute atomic E-state index is 13.5. The van der Waals surface area contributed by atoms with Gasteiger partial charge in [0.2, 0.25) is 0 Å². The second kappa shape index (κ2) is 8.47. The van der Waals surface area contributed by atoms with Crippen LogP contribution in [0.4, 0.5) is 19.3 Å². The summed E-state index contributed by atoms with van der Waals surface area (Å²) >= 11 is 0. The molecule has 0 atom stereocenters. The standard InChI is InChI=1S/C17H13F2N3O4/c1-10(23)26-20-9-11-5-7-12(8-6-11)21-17(25)22-16(24)15-13(18)3-2-4-14(15)19/h2-9H,1H3,(H2,21,22,24,25)/b20-9+. The fraction of sp³-hybridized carbons (Fsp3) is 0.0588. The molecule has 2 aromatic rings. The van der Waals surface area contributed by atoms with Crippen molar-refractivity contribution in [3.8, 4) is 0 Å². The Labute approximate surface area is 146 Å². The summed E-state index contributed by atoms with van der Waals surface area (Å²) in [6, 6.07) is 8.05. The average molecular weight is 361 g/mol. The van der Waals surface area contributed by atoms with E-state index in [1.54, 1.807) is 12.1 Å². The van der Waals surface area contributed by atoms with E-state index in [0.717, 1.165) is 18.2 Å². The summed E-state index contributed by atoms with van der Waals surface area (Å²) in [7, 11) is 0. The number of imide groups is 1. The van der Waals surface area contributed by atoms with Crippen LogP contribution >= 0.6 is 0 Å². The first-order chi connectivity index (χ1) is 12.4. The van der Waals surface area contributed by atoms with Gasteiger partial charge in [0.1, 0.15) is 17.2 Å². The Kier molecular flexibility index (Phi) is 6.10. The summed E-state index contributed by atoms with van der Waals surface area (Å²) in [6.07, 6.45) is 1.29. The number of hydrogen-bond donors (Lipinski definition) is 2. The molecule has 0 radical (unpaired) electrons. The Morgan fingerprint density at radius 3 is 2.23 bits per heavy atom. The van der Waals surface area contributed by atoms with Crippen LogP contribution in [0, 0.1) is 11.6 Å². The molecule has 0 fully saturated rings. The molecule has 134 valence electrons. The second-order valence-corrected chi connectivity index (χ2v) is 4.94. The van der Waals surface area contributed by atoms with Gasteiger partial charge in [0.05, 0.1) is 6.21 Å². The summed E-state index contributed by atoms with van der Waals surface area (Å²) < 4.78 is 27.0. The molecule has 0 saturated carbocycles. The van der Waals surface area contributed by atoms with Crippen molar-refractivity contribution in [3.63, 3.8) is 0 Å². The smallest absolute Gasteiger partial charge is 0.319 e. The number of nitrogens with one attached hydrogen (secondary N) is 2. The predicted octanol–water partition coefficient (Wildman–Crippen LogP) is 2.82. The molecule has 3 amide bonds. The van der Waals surface area contributed by atoms with Gasteiger partial charge in [-0.2, -0.15) is 0 Å². The third-order valence-electron chi connectivity index (χ3n) is 2.97. The van der Waals surface area contributed by atoms with Gasteiger partial charge in [0.25, 0.3) is 5.91 Å². The van der Waals surface area contributed by atoms with Gasteiger partial charge in [-0.15, -0.1) is 0 Å². The zero-order valence-electron chi connectivity index (χ0n) is 13.5. The molecule has 0 aliphatic rings. The Morgan fingerprint density at radius 2 is 1.65 bits per heavy atom. The summed E-state index contributed by atoms with van der Waals surface area (Å²) in [5.74, 6) is -3.92. The van der Waals surface area contributed by atoms with Crippen LogP contribution in [0.15, 0.2) is 47.6 Å². The third kappa shape index (κ3) is 5.20. The number of amides is 3. The minimum atomic E-state index is -1.21. The molecule has 2 aromatic carbocycles. The van der Waals surface area contributed by atoms with Gasteiger partial charge < -0.3 is 10.2 Å². The second-order valence-electron chi connectivity index (χ2n) is 4.94. The van der Waals surface area contributed by atoms with Gasteiger partial charge >= 0.3 is 12.0 Å². The number of oxime groups is 1. The largest absolute Gasteiger partial charge is 0.331 e. The van der Waals surface area contributed by atoms with E-state index in [2.05, 4.69) is 15.3 Å². The van der Waals surface area contributed by atoms with Gasteiger partial charge in [0, 0.05) is 12.6 Å². The number of benzene rings is 2. The number of urea groups is 1. The van der Waals surface area contributed by atoms with Crippen LogP contribution in [0.25, 0.3) is 0 Å². The van der Waals surface area contributed by atoms with Gasteiger partial charge in [-0.1, -0.05) is 23.4 Å². The molecular formula is C17H13F2N3O4. The quantitative estimate of drug-likeness (QED) is 0.497. The molecule has 0 aliphatic heterocycles. The number of halogens is 2. The van der Waals surface area contributed by atoms with Crippen molar-refractivity contribution in [2.75, 3.05) is 5.32 Å². The molecule has 0 bridgehead atoms. The molecule has 2 N–H and O–H groups in total. The van der Waals surface area contributed by atoms with Crippen molar-refractivity contribution in [2.24, 2.45) is 5.16 Å². The van der Waals surface area contributed by atoms with E-state index in [9.17, 15) is 23.2 Å². The normalized spacial score (nSPS) is 10.4. The Hall–Kier alpha value is -3.62. The first-order valence-electron chi connectivity index (χ1n) is 7.24. The van der Waals surface area contributed by atoms with Crippen molar-refractivity contribution in [1.29, 1.82) is 0 Å². The summed E-state index contributed by atoms with van der Waals surface area (Å²) in [6.45, 7) is 1.21. The average Bonchev–Trinajstić information content (AvgIpc) is 2.56. The van der Waals surface area contributed by atoms with E-state index in [1.807, 2.05) is 5.32 Å². The van der Waals surface area contributed by atoms with Crippen molar-refractivity contribution in [2.45, 2.75) is 6.92 Å². The minimum absolute atomic E-state index is 0.314. The van der Waals surface area contributed by atoms with Gasteiger partial charge in [-0.25, -0.2) is 18.4 Å². The lowest BCUT2D eigenvalue weighted by molar-refractivity contribution is -0.140. The van der Waals surface area contributed by atoms with Crippen LogP contribution < -0.4 is 10.6 Å². The van der Waals surface area contributed by atoms with Crippen molar-refractivity contribution < 1.29 is 28.0 Å². The lowest BCUT2D eigenvalue weighted by Gasteiger charge is -2.08. The fourth-order valence-electron chi connectivity index (χ4n) is 1.86. The molecule has 7 nitrogen and oxygen atoms in total. The van der Waals surface area contributed by atoms with Crippen molar-refractivity contribution in [1.82, 2.24) is 5.32 Å². The predicted molar refractivity (Wildman–Crippen MR) is 88.6 cm³/mol. The van der Waals surface area contributed by atoms with Crippen molar-refractivity contribution in [3.05, 3.63) is 65.2 Å². The zero-order chi connectivity index (χ0) is 19.1. The van der Waals surface area contributed by atoms with E-state index in [-0.39, 0.29) is 0 Å². The summed E-state index contributed by atoms with van der Waals surface area (Å²) in [4.78, 5) is 38.6. The Balaban J connectivity index is 1.96. The molecule has 0 spiro atoms. The maximum atomic E-state index is 13.5. The summed E-state index contributed by atoms with van der Waals surface area (Å²) in [5.41, 5.74) is 0.0512. The molecule has 0 heterocycles. The first-order valence-corrected chi connectivity index (χ1v) is 7.24. The number of rotatable bonds is 4. The molecule has 0 aromatic heterocycles. The Bertz CT molecular complexity index is 847. The van der Waals surface area contributed by atoms with E-state index >= 15 is 0 Å². The molecular weight excluding hydrogens is 348 g/mol. The highest BCUT2D eigenvalue weighted by Gasteiger charge is 2.19. The van der Waals surface area contributed by atoms with Gasteiger partial charge in [-0.3, -0.25) is 10.1 Å². The fourth-order valence-corrected chi connectivity index (χ4v) is 1.86. The number of anilines is 1. The Morgan fingerprint density at radius 1 is 1.04 bits per heavy atom. The lowest BCUT2D eigenvalue weighted by atomic mass is 10.2. The van der Waals surface area contributed by atoms with E-state index in [1.165, 1.54) is 25.3 Å². The summed E-state index contributed by atoms with van der Waals surface area (Å²) in [5, 5.41) is 7.60. The highest BCUT2D eigenvalue weighted by molar-refractivity contribution is 6.08. The molecule has 26 heavy (non-hydrogen) atoms. The van der Waals surface area contributed by atoms with Gasteiger partial charge in [0.15, 0.2) is 0 Å². The number of carbonyl (C=O) groups is 3. The maximum Gasteiger partial charge on any atom is 0.331 e. The number of nitrogens with zero attached hydrogens (tertiary/aromatic N) is 1. The molecule has 2 rings (SSSR count). The minimum Gasteiger partial charge on any atom is -0.319 e. The SMILES string of the molecule is CC(=O)O/N=C/c1ccc(NC(=O)NC(=O)c2c(F)cccc2F)cc1. The van der Waals surface area contributed by atoms with Crippen LogP contribution in [0.5, 0.6) is 0 Å². The highest BCUT2D eigenvalue weighted by Crippen LogP contribution is 2.12. The highest BCUT2D eigenvalue weighted by atomic mass is 19.1. The van der Waals surface area contributed by atoms with Gasteiger partial charge in [-0.05, 0) is 29.8 Å². The number of carbonyl (C=O) groups excluding carboxylic acids is 3. The number of hydrogen-bond acceptors (Lipinski definition) is 5. The van der Waals surface area contributed by atoms with Crippen LogP contribution in [0.2, 0.25) is 0 Å².